The first-order chi connectivity index (χ1) is 10.5. The first kappa shape index (κ1) is 18.5. The molecule has 0 bridgehead atoms. The maximum Gasteiger partial charge on any atom is 0.261 e. The van der Waals surface area contributed by atoms with Gasteiger partial charge in [-0.05, 0) is 55.5 Å². The van der Waals surface area contributed by atoms with Crippen LogP contribution in [0.1, 0.15) is 55.1 Å². The fourth-order valence-corrected chi connectivity index (χ4v) is 2.60. The Morgan fingerprint density at radius 3 is 2.59 bits per heavy atom. The summed E-state index contributed by atoms with van der Waals surface area (Å²) in [7, 11) is 0. The van der Waals surface area contributed by atoms with Gasteiger partial charge in [0.2, 0.25) is 0 Å². The molecule has 2 rings (SSSR count). The summed E-state index contributed by atoms with van der Waals surface area (Å²) >= 11 is 1.25. The Hall–Kier alpha value is -1.55. The Kier molecular flexibility index (Phi) is 7.39. The minimum Gasteiger partial charge on any atom is -0.296 e. The van der Waals surface area contributed by atoms with Gasteiger partial charge in [-0.2, -0.15) is 0 Å². The molecule has 1 aliphatic rings. The molecule has 120 valence electrons. The van der Waals surface area contributed by atoms with Crippen LogP contribution in [0.25, 0.3) is 5.57 Å². The van der Waals surface area contributed by atoms with Crippen LogP contribution in [-0.2, 0) is 0 Å². The lowest BCUT2D eigenvalue weighted by atomic mass is 9.90. The maximum atomic E-state index is 14.3. The van der Waals surface area contributed by atoms with E-state index in [-0.39, 0.29) is 11.7 Å². The van der Waals surface area contributed by atoms with Gasteiger partial charge in [0.05, 0.1) is 0 Å². The van der Waals surface area contributed by atoms with E-state index < -0.39 is 0 Å². The minimum absolute atomic E-state index is 0.151. The van der Waals surface area contributed by atoms with Crippen LogP contribution in [0.15, 0.2) is 35.7 Å². The van der Waals surface area contributed by atoms with E-state index in [4.69, 9.17) is 0 Å². The Bertz CT molecular complexity index is 605. The highest BCUT2D eigenvalue weighted by Gasteiger charge is 2.18. The molecule has 0 unspecified atom stereocenters. The summed E-state index contributed by atoms with van der Waals surface area (Å²) in [6.45, 7) is 7.76. The van der Waals surface area contributed by atoms with Gasteiger partial charge < -0.3 is 0 Å². The van der Waals surface area contributed by atoms with Gasteiger partial charge in [0.1, 0.15) is 5.83 Å². The third-order valence-corrected chi connectivity index (χ3v) is 3.85. The van der Waals surface area contributed by atoms with Gasteiger partial charge in [0.15, 0.2) is 0 Å². The molecule has 1 aromatic carbocycles. The van der Waals surface area contributed by atoms with Crippen LogP contribution in [0.4, 0.5) is 4.39 Å². The Balaban J connectivity index is 0.00000116. The first-order valence-corrected chi connectivity index (χ1v) is 8.77. The van der Waals surface area contributed by atoms with E-state index in [0.29, 0.717) is 11.1 Å². The predicted octanol–water partition coefficient (Wildman–Crippen LogP) is 5.45. The van der Waals surface area contributed by atoms with Gasteiger partial charge in [0.25, 0.3) is 5.91 Å². The number of benzene rings is 1. The molecule has 1 N–H and O–H groups in total. The lowest BCUT2D eigenvalue weighted by molar-refractivity contribution is 0.0984. The fraction of sp³-hybridized carbons (Fsp3) is 0.389. The molecule has 22 heavy (non-hydrogen) atoms. The Morgan fingerprint density at radius 1 is 1.27 bits per heavy atom. The molecule has 2 nitrogen and oxygen atoms in total. The number of aryl methyl sites for hydroxylation is 1. The molecular weight excluding hydrogens is 297 g/mol. The van der Waals surface area contributed by atoms with Gasteiger partial charge in [-0.1, -0.05) is 37.9 Å². The monoisotopic (exact) mass is 321 g/mol. The normalized spacial score (nSPS) is 14.0. The van der Waals surface area contributed by atoms with Gasteiger partial charge >= 0.3 is 0 Å². The van der Waals surface area contributed by atoms with Gasteiger partial charge in [0, 0.05) is 17.4 Å². The van der Waals surface area contributed by atoms with E-state index in [1.165, 1.54) is 11.9 Å². The van der Waals surface area contributed by atoms with Crippen molar-refractivity contribution in [1.82, 2.24) is 4.72 Å². The molecule has 0 spiro atoms. The van der Waals surface area contributed by atoms with Crippen molar-refractivity contribution in [2.75, 3.05) is 6.26 Å². The largest absolute Gasteiger partial charge is 0.296 e. The van der Waals surface area contributed by atoms with Crippen molar-refractivity contribution in [3.05, 3.63) is 52.4 Å². The second-order valence-electron chi connectivity index (χ2n) is 4.92. The summed E-state index contributed by atoms with van der Waals surface area (Å²) in [5.41, 5.74) is 3.72. The van der Waals surface area contributed by atoms with Crippen LogP contribution < -0.4 is 4.72 Å². The molecule has 0 atom stereocenters. The van der Waals surface area contributed by atoms with E-state index in [2.05, 4.69) is 4.72 Å². The van der Waals surface area contributed by atoms with Crippen molar-refractivity contribution in [2.24, 2.45) is 0 Å². The maximum absolute atomic E-state index is 14.3. The van der Waals surface area contributed by atoms with Crippen molar-refractivity contribution < 1.29 is 9.18 Å². The molecule has 1 amide bonds. The standard InChI is InChI=1S/C16H18FNOS.C2H6/c1-10-7-8-12(16(19)18-20-3)9-14(10)13-6-4-5-11(2)15(13)17;1-2/h6-9H,4-5H2,1-3H3,(H,18,19);1-2H3. The number of hydrogen-bond acceptors (Lipinski definition) is 2. The average molecular weight is 321 g/mol. The molecular formula is C18H24FNOS. The zero-order chi connectivity index (χ0) is 16.7. The number of carbonyl (C=O) groups excluding carboxylic acids is 1. The van der Waals surface area contributed by atoms with Crippen molar-refractivity contribution in [3.8, 4) is 0 Å². The van der Waals surface area contributed by atoms with Crippen LogP contribution in [0.3, 0.4) is 0 Å². The predicted molar refractivity (Wildman–Crippen MR) is 94.5 cm³/mol. The lowest BCUT2D eigenvalue weighted by Gasteiger charge is -2.16. The van der Waals surface area contributed by atoms with Crippen LogP contribution in [0.5, 0.6) is 0 Å². The summed E-state index contributed by atoms with van der Waals surface area (Å²) in [5, 5.41) is 0. The zero-order valence-corrected chi connectivity index (χ0v) is 14.7. The van der Waals surface area contributed by atoms with Crippen LogP contribution in [0.2, 0.25) is 0 Å². The molecule has 0 saturated carbocycles. The second-order valence-corrected chi connectivity index (χ2v) is 5.53. The number of amides is 1. The highest BCUT2D eigenvalue weighted by Crippen LogP contribution is 2.34. The minimum atomic E-state index is -0.156. The summed E-state index contributed by atoms with van der Waals surface area (Å²) < 4.78 is 17.0. The highest BCUT2D eigenvalue weighted by molar-refractivity contribution is 7.97. The van der Waals surface area contributed by atoms with Crippen LogP contribution in [-0.4, -0.2) is 12.2 Å². The van der Waals surface area contributed by atoms with Gasteiger partial charge in [-0.15, -0.1) is 0 Å². The zero-order valence-electron chi connectivity index (χ0n) is 13.9. The molecule has 0 radical (unpaired) electrons. The topological polar surface area (TPSA) is 29.1 Å². The summed E-state index contributed by atoms with van der Waals surface area (Å²) in [4.78, 5) is 11.9. The van der Waals surface area contributed by atoms with Crippen molar-refractivity contribution in [2.45, 2.75) is 40.5 Å². The fourth-order valence-electron chi connectivity index (χ4n) is 2.30. The van der Waals surface area contributed by atoms with Crippen molar-refractivity contribution >= 4 is 23.4 Å². The summed E-state index contributed by atoms with van der Waals surface area (Å²) in [6.07, 6.45) is 5.32. The molecule has 0 saturated heterocycles. The van der Waals surface area contributed by atoms with Gasteiger partial charge in [-0.3, -0.25) is 9.52 Å². The number of hydrogen-bond donors (Lipinski definition) is 1. The number of halogens is 1. The molecule has 0 heterocycles. The smallest absolute Gasteiger partial charge is 0.261 e. The second kappa shape index (κ2) is 8.79. The van der Waals surface area contributed by atoms with E-state index >= 15 is 0 Å². The van der Waals surface area contributed by atoms with E-state index in [9.17, 15) is 9.18 Å². The van der Waals surface area contributed by atoms with E-state index in [0.717, 1.165) is 29.5 Å². The first-order valence-electron chi connectivity index (χ1n) is 7.54. The SMILES string of the molecule is CC.CSNC(=O)c1ccc(C)c(C2=CCCC(C)=C2F)c1. The molecule has 0 aliphatic heterocycles. The third-order valence-electron chi connectivity index (χ3n) is 3.46. The molecule has 4 heteroatoms. The van der Waals surface area contributed by atoms with Crippen LogP contribution in [0, 0.1) is 6.92 Å². The average Bonchev–Trinajstić information content (AvgIpc) is 2.53. The Labute approximate surface area is 137 Å². The lowest BCUT2D eigenvalue weighted by Crippen LogP contribution is -2.15. The molecule has 0 fully saturated rings. The van der Waals surface area contributed by atoms with Crippen LogP contribution >= 0.6 is 11.9 Å². The molecule has 1 aliphatic carbocycles. The van der Waals surface area contributed by atoms with E-state index in [1.54, 1.807) is 18.4 Å². The molecule has 0 aromatic heterocycles. The third kappa shape index (κ3) is 4.23. The van der Waals surface area contributed by atoms with Crippen molar-refractivity contribution in [1.29, 1.82) is 0 Å². The number of nitrogens with one attached hydrogen (secondary N) is 1. The Morgan fingerprint density at radius 2 is 1.95 bits per heavy atom. The van der Waals surface area contributed by atoms with Crippen molar-refractivity contribution in [3.63, 3.8) is 0 Å². The number of allylic oxidation sites excluding steroid dienone is 4. The summed E-state index contributed by atoms with van der Waals surface area (Å²) in [5.74, 6) is -0.307. The molecule has 1 aromatic rings. The highest BCUT2D eigenvalue weighted by atomic mass is 32.2. The van der Waals surface area contributed by atoms with E-state index in [1.807, 2.05) is 39.8 Å². The van der Waals surface area contributed by atoms with Gasteiger partial charge in [-0.25, -0.2) is 4.39 Å². The number of carbonyl (C=O) groups is 1. The number of rotatable bonds is 3. The quantitative estimate of drug-likeness (QED) is 0.750. The summed E-state index contributed by atoms with van der Waals surface area (Å²) in [6, 6.07) is 5.40.